The number of nitro benzene ring substituents is 1. The molecule has 3 rings (SSSR count). The van der Waals surface area contributed by atoms with Crippen LogP contribution in [0.5, 0.6) is 0 Å². The molecule has 7 nitrogen and oxygen atoms in total. The minimum Gasteiger partial charge on any atom is -0.380 e. The van der Waals surface area contributed by atoms with Crippen molar-refractivity contribution in [3.05, 3.63) is 63.2 Å². The zero-order valence-corrected chi connectivity index (χ0v) is 15.8. The highest BCUT2D eigenvalue weighted by molar-refractivity contribution is 6.30. The Morgan fingerprint density at radius 3 is 2.56 bits per heavy atom. The van der Waals surface area contributed by atoms with E-state index in [1.807, 2.05) is 6.92 Å². The van der Waals surface area contributed by atoms with E-state index in [1.165, 1.54) is 6.07 Å². The molecule has 0 aliphatic carbocycles. The Morgan fingerprint density at radius 2 is 1.93 bits per heavy atom. The molecule has 0 unspecified atom stereocenters. The fraction of sp³-hybridized carbons (Fsp3) is 0.316. The SMILES string of the molecule is CCNc1cc(N2CCN(C(=O)c3cccc(Cl)c3)CC2)ccc1[N+](=O)[O-]. The minimum absolute atomic E-state index is 0.0332. The molecule has 0 saturated carbocycles. The fourth-order valence-electron chi connectivity index (χ4n) is 3.18. The van der Waals surface area contributed by atoms with E-state index in [1.54, 1.807) is 41.3 Å². The number of nitrogens with one attached hydrogen (secondary N) is 1. The van der Waals surface area contributed by atoms with Crippen molar-refractivity contribution in [3.8, 4) is 0 Å². The van der Waals surface area contributed by atoms with Crippen LogP contribution in [0.3, 0.4) is 0 Å². The predicted octanol–water partition coefficient (Wildman–Crippen LogP) is 3.64. The van der Waals surface area contributed by atoms with Crippen molar-refractivity contribution in [2.45, 2.75) is 6.92 Å². The standard InChI is InChI=1S/C19H21ClN4O3/c1-2-21-17-13-16(6-7-18(17)24(26)27)22-8-10-23(11-9-22)19(25)14-4-3-5-15(20)12-14/h3-7,12-13,21H,2,8-11H2,1H3. The number of amides is 1. The molecule has 1 aliphatic rings. The first kappa shape index (κ1) is 19.0. The summed E-state index contributed by atoms with van der Waals surface area (Å²) >= 11 is 5.97. The Bertz CT molecular complexity index is 851. The highest BCUT2D eigenvalue weighted by atomic mass is 35.5. The molecule has 1 heterocycles. The minimum atomic E-state index is -0.386. The van der Waals surface area contributed by atoms with Gasteiger partial charge in [-0.1, -0.05) is 17.7 Å². The monoisotopic (exact) mass is 388 g/mol. The van der Waals surface area contributed by atoms with Crippen molar-refractivity contribution in [3.63, 3.8) is 0 Å². The van der Waals surface area contributed by atoms with Crippen LogP contribution in [-0.4, -0.2) is 48.5 Å². The molecule has 1 saturated heterocycles. The Kier molecular flexibility index (Phi) is 5.81. The quantitative estimate of drug-likeness (QED) is 0.624. The lowest BCUT2D eigenvalue weighted by Crippen LogP contribution is -2.48. The summed E-state index contributed by atoms with van der Waals surface area (Å²) in [6.07, 6.45) is 0. The van der Waals surface area contributed by atoms with Crippen LogP contribution in [0.2, 0.25) is 5.02 Å². The molecule has 1 fully saturated rings. The van der Waals surface area contributed by atoms with E-state index in [4.69, 9.17) is 11.6 Å². The maximum Gasteiger partial charge on any atom is 0.292 e. The van der Waals surface area contributed by atoms with Crippen molar-refractivity contribution < 1.29 is 9.72 Å². The normalized spacial score (nSPS) is 14.1. The van der Waals surface area contributed by atoms with E-state index in [0.29, 0.717) is 49.0 Å². The number of nitrogens with zero attached hydrogens (tertiary/aromatic N) is 3. The fourth-order valence-corrected chi connectivity index (χ4v) is 3.37. The van der Waals surface area contributed by atoms with E-state index < -0.39 is 0 Å². The first-order valence-corrected chi connectivity index (χ1v) is 9.19. The molecule has 8 heteroatoms. The van der Waals surface area contributed by atoms with Crippen LogP contribution in [0.4, 0.5) is 17.1 Å². The van der Waals surface area contributed by atoms with Crippen molar-refractivity contribution >= 4 is 34.6 Å². The maximum absolute atomic E-state index is 12.6. The molecule has 2 aromatic rings. The molecule has 1 amide bonds. The van der Waals surface area contributed by atoms with E-state index >= 15 is 0 Å². The van der Waals surface area contributed by atoms with E-state index in [-0.39, 0.29) is 16.5 Å². The van der Waals surface area contributed by atoms with Gasteiger partial charge < -0.3 is 15.1 Å². The van der Waals surface area contributed by atoms with Gasteiger partial charge in [0, 0.05) is 55.1 Å². The summed E-state index contributed by atoms with van der Waals surface area (Å²) in [6.45, 7) is 4.99. The summed E-state index contributed by atoms with van der Waals surface area (Å²) < 4.78 is 0. The van der Waals surface area contributed by atoms with Crippen LogP contribution in [-0.2, 0) is 0 Å². The van der Waals surface area contributed by atoms with Gasteiger partial charge >= 0.3 is 0 Å². The molecule has 142 valence electrons. The first-order chi connectivity index (χ1) is 13.0. The van der Waals surface area contributed by atoms with Gasteiger partial charge in [0.05, 0.1) is 4.92 Å². The van der Waals surface area contributed by atoms with Crippen molar-refractivity contribution in [2.75, 3.05) is 42.9 Å². The molecule has 27 heavy (non-hydrogen) atoms. The van der Waals surface area contributed by atoms with Gasteiger partial charge in [-0.25, -0.2) is 0 Å². The lowest BCUT2D eigenvalue weighted by molar-refractivity contribution is -0.383. The molecule has 0 spiro atoms. The van der Waals surface area contributed by atoms with Crippen molar-refractivity contribution in [2.24, 2.45) is 0 Å². The maximum atomic E-state index is 12.6. The second-order valence-corrected chi connectivity index (χ2v) is 6.71. The van der Waals surface area contributed by atoms with Crippen LogP contribution < -0.4 is 10.2 Å². The summed E-state index contributed by atoms with van der Waals surface area (Å²) in [5, 5.41) is 14.7. The van der Waals surface area contributed by atoms with Crippen molar-refractivity contribution in [1.29, 1.82) is 0 Å². The van der Waals surface area contributed by atoms with Crippen LogP contribution in [0.15, 0.2) is 42.5 Å². The highest BCUT2D eigenvalue weighted by Crippen LogP contribution is 2.30. The average molecular weight is 389 g/mol. The molecule has 0 atom stereocenters. The first-order valence-electron chi connectivity index (χ1n) is 8.81. The van der Waals surface area contributed by atoms with Crippen molar-refractivity contribution in [1.82, 2.24) is 4.90 Å². The highest BCUT2D eigenvalue weighted by Gasteiger charge is 2.24. The molecule has 1 N–H and O–H groups in total. The van der Waals surface area contributed by atoms with Gasteiger partial charge in [0.15, 0.2) is 0 Å². The number of carbonyl (C=O) groups is 1. The second-order valence-electron chi connectivity index (χ2n) is 6.28. The number of hydrogen-bond donors (Lipinski definition) is 1. The van der Waals surface area contributed by atoms with Crippen LogP contribution in [0.1, 0.15) is 17.3 Å². The Hall–Kier alpha value is -2.80. The van der Waals surface area contributed by atoms with Gasteiger partial charge in [0.25, 0.3) is 11.6 Å². The second kappa shape index (κ2) is 8.26. The summed E-state index contributed by atoms with van der Waals surface area (Å²) in [5.74, 6) is -0.0332. The van der Waals surface area contributed by atoms with Gasteiger partial charge in [-0.2, -0.15) is 0 Å². The molecule has 1 aliphatic heterocycles. The van der Waals surface area contributed by atoms with Gasteiger partial charge in [-0.3, -0.25) is 14.9 Å². The third kappa shape index (κ3) is 4.31. The lowest BCUT2D eigenvalue weighted by Gasteiger charge is -2.36. The van der Waals surface area contributed by atoms with Gasteiger partial charge in [0.1, 0.15) is 5.69 Å². The number of carbonyl (C=O) groups excluding carboxylic acids is 1. The molecule has 2 aromatic carbocycles. The number of nitro groups is 1. The predicted molar refractivity (Wildman–Crippen MR) is 107 cm³/mol. The Labute approximate surface area is 162 Å². The molecule has 0 aromatic heterocycles. The molecular weight excluding hydrogens is 368 g/mol. The third-order valence-corrected chi connectivity index (χ3v) is 4.78. The summed E-state index contributed by atoms with van der Waals surface area (Å²) in [4.78, 5) is 27.3. The molecule has 0 bridgehead atoms. The zero-order valence-electron chi connectivity index (χ0n) is 15.0. The van der Waals surface area contributed by atoms with Crippen LogP contribution in [0.25, 0.3) is 0 Å². The number of hydrogen-bond acceptors (Lipinski definition) is 5. The van der Waals surface area contributed by atoms with E-state index in [0.717, 1.165) is 5.69 Å². The number of rotatable bonds is 5. The van der Waals surface area contributed by atoms with E-state index in [9.17, 15) is 14.9 Å². The number of benzene rings is 2. The largest absolute Gasteiger partial charge is 0.380 e. The van der Waals surface area contributed by atoms with Crippen LogP contribution in [0, 0.1) is 10.1 Å². The summed E-state index contributed by atoms with van der Waals surface area (Å²) in [6, 6.07) is 12.0. The number of piperazine rings is 1. The van der Waals surface area contributed by atoms with Gasteiger partial charge in [-0.15, -0.1) is 0 Å². The summed E-state index contributed by atoms with van der Waals surface area (Å²) in [7, 11) is 0. The Balaban J connectivity index is 1.69. The molecular formula is C19H21ClN4O3. The third-order valence-electron chi connectivity index (χ3n) is 4.55. The van der Waals surface area contributed by atoms with Crippen LogP contribution >= 0.6 is 11.6 Å². The lowest BCUT2D eigenvalue weighted by atomic mass is 10.1. The van der Waals surface area contributed by atoms with Gasteiger partial charge in [-0.05, 0) is 37.3 Å². The average Bonchev–Trinajstić information content (AvgIpc) is 2.67. The topological polar surface area (TPSA) is 78.7 Å². The number of anilines is 2. The number of halogens is 1. The zero-order chi connectivity index (χ0) is 19.4. The smallest absolute Gasteiger partial charge is 0.292 e. The van der Waals surface area contributed by atoms with E-state index in [2.05, 4.69) is 10.2 Å². The summed E-state index contributed by atoms with van der Waals surface area (Å²) in [5.41, 5.74) is 2.07. The molecule has 0 radical (unpaired) electrons. The Morgan fingerprint density at radius 1 is 1.19 bits per heavy atom. The van der Waals surface area contributed by atoms with Gasteiger partial charge in [0.2, 0.25) is 0 Å².